The van der Waals surface area contributed by atoms with Crippen molar-refractivity contribution in [2.75, 3.05) is 10.6 Å². The first-order chi connectivity index (χ1) is 9.86. The monoisotopic (exact) mass is 287 g/mol. The first-order valence-electron chi connectivity index (χ1n) is 6.50. The molecule has 0 saturated heterocycles. The second kappa shape index (κ2) is 5.78. The Labute approximate surface area is 122 Å². The lowest BCUT2D eigenvalue weighted by molar-refractivity contribution is -0.133. The van der Waals surface area contributed by atoms with Crippen LogP contribution in [0, 0.1) is 27.7 Å². The van der Waals surface area contributed by atoms with E-state index < -0.39 is 11.8 Å². The van der Waals surface area contributed by atoms with Gasteiger partial charge < -0.3 is 9.84 Å². The van der Waals surface area contributed by atoms with E-state index in [1.54, 1.807) is 6.92 Å². The number of benzene rings is 1. The van der Waals surface area contributed by atoms with E-state index in [0.29, 0.717) is 11.4 Å². The number of aromatic nitrogens is 1. The van der Waals surface area contributed by atoms with Crippen molar-refractivity contribution in [3.05, 3.63) is 40.6 Å². The zero-order chi connectivity index (χ0) is 15.6. The maximum absolute atomic E-state index is 11.9. The summed E-state index contributed by atoms with van der Waals surface area (Å²) in [4.78, 5) is 23.7. The highest BCUT2D eigenvalue weighted by molar-refractivity contribution is 6.43. The van der Waals surface area contributed by atoms with Gasteiger partial charge in [-0.1, -0.05) is 22.9 Å². The quantitative estimate of drug-likeness (QED) is 0.831. The van der Waals surface area contributed by atoms with Crippen LogP contribution in [0.2, 0.25) is 0 Å². The van der Waals surface area contributed by atoms with Gasteiger partial charge in [-0.3, -0.25) is 14.9 Å². The fraction of sp³-hybridized carbons (Fsp3) is 0.267. The zero-order valence-electron chi connectivity index (χ0n) is 12.4. The molecule has 2 aromatic rings. The van der Waals surface area contributed by atoms with Crippen molar-refractivity contribution in [2.45, 2.75) is 27.7 Å². The molecule has 0 saturated carbocycles. The minimum atomic E-state index is -0.789. The van der Waals surface area contributed by atoms with Gasteiger partial charge in [-0.25, -0.2) is 0 Å². The molecule has 0 aliphatic heterocycles. The van der Waals surface area contributed by atoms with Gasteiger partial charge in [-0.15, -0.1) is 0 Å². The second-order valence-corrected chi connectivity index (χ2v) is 5.00. The molecule has 1 aromatic carbocycles. The number of amides is 2. The van der Waals surface area contributed by atoms with E-state index in [1.165, 1.54) is 6.07 Å². The predicted molar refractivity (Wildman–Crippen MR) is 79.2 cm³/mol. The molecule has 0 unspecified atom stereocenters. The van der Waals surface area contributed by atoms with Crippen LogP contribution in [-0.4, -0.2) is 17.0 Å². The highest BCUT2D eigenvalue weighted by Gasteiger charge is 2.17. The van der Waals surface area contributed by atoms with Crippen molar-refractivity contribution in [1.29, 1.82) is 0 Å². The molecule has 0 bridgehead atoms. The van der Waals surface area contributed by atoms with Crippen LogP contribution in [-0.2, 0) is 9.59 Å². The van der Waals surface area contributed by atoms with Crippen LogP contribution in [0.1, 0.15) is 22.5 Å². The summed E-state index contributed by atoms with van der Waals surface area (Å²) in [7, 11) is 0. The molecule has 0 spiro atoms. The SMILES string of the molecule is Cc1cc(C)c(NC(=O)C(=O)Nc2cc(C)on2)c(C)c1. The lowest BCUT2D eigenvalue weighted by atomic mass is 10.1. The number of rotatable bonds is 2. The average Bonchev–Trinajstić information content (AvgIpc) is 2.78. The fourth-order valence-electron chi connectivity index (χ4n) is 2.15. The number of hydrogen-bond donors (Lipinski definition) is 2. The Morgan fingerprint density at radius 3 is 2.05 bits per heavy atom. The number of anilines is 2. The van der Waals surface area contributed by atoms with E-state index in [9.17, 15) is 9.59 Å². The van der Waals surface area contributed by atoms with Gasteiger partial charge in [0.2, 0.25) is 0 Å². The van der Waals surface area contributed by atoms with Crippen LogP contribution in [0.15, 0.2) is 22.7 Å². The van der Waals surface area contributed by atoms with E-state index in [1.807, 2.05) is 32.9 Å². The molecule has 6 nitrogen and oxygen atoms in total. The van der Waals surface area contributed by atoms with E-state index in [4.69, 9.17) is 4.52 Å². The standard InChI is InChI=1S/C15H17N3O3/c1-8-5-9(2)13(10(3)6-8)17-15(20)14(19)16-12-7-11(4)21-18-12/h5-7H,1-4H3,(H,17,20)(H,16,18,19). The van der Waals surface area contributed by atoms with Gasteiger partial charge >= 0.3 is 11.8 Å². The van der Waals surface area contributed by atoms with Gasteiger partial charge in [0, 0.05) is 11.8 Å². The molecular weight excluding hydrogens is 270 g/mol. The topological polar surface area (TPSA) is 84.2 Å². The summed E-state index contributed by atoms with van der Waals surface area (Å²) >= 11 is 0. The molecule has 1 aromatic heterocycles. The zero-order valence-corrected chi connectivity index (χ0v) is 12.4. The lowest BCUT2D eigenvalue weighted by Crippen LogP contribution is -2.29. The number of carbonyl (C=O) groups is 2. The minimum Gasteiger partial charge on any atom is -0.360 e. The van der Waals surface area contributed by atoms with Crippen molar-refractivity contribution >= 4 is 23.3 Å². The Kier molecular flexibility index (Phi) is 4.07. The highest BCUT2D eigenvalue weighted by Crippen LogP contribution is 2.21. The van der Waals surface area contributed by atoms with Crippen LogP contribution in [0.4, 0.5) is 11.5 Å². The van der Waals surface area contributed by atoms with Crippen molar-refractivity contribution < 1.29 is 14.1 Å². The maximum Gasteiger partial charge on any atom is 0.315 e. The van der Waals surface area contributed by atoms with Crippen LogP contribution in [0.5, 0.6) is 0 Å². The van der Waals surface area contributed by atoms with Gasteiger partial charge in [-0.05, 0) is 38.8 Å². The van der Waals surface area contributed by atoms with Crippen molar-refractivity contribution in [3.63, 3.8) is 0 Å². The van der Waals surface area contributed by atoms with E-state index in [-0.39, 0.29) is 5.82 Å². The minimum absolute atomic E-state index is 0.213. The largest absolute Gasteiger partial charge is 0.360 e. The summed E-state index contributed by atoms with van der Waals surface area (Å²) in [5.74, 6) is -0.769. The van der Waals surface area contributed by atoms with Gasteiger partial charge in [0.25, 0.3) is 0 Å². The molecule has 2 amide bonds. The molecule has 21 heavy (non-hydrogen) atoms. The molecule has 0 fully saturated rings. The smallest absolute Gasteiger partial charge is 0.315 e. The number of nitrogens with zero attached hydrogens (tertiary/aromatic N) is 1. The average molecular weight is 287 g/mol. The lowest BCUT2D eigenvalue weighted by Gasteiger charge is -2.12. The fourth-order valence-corrected chi connectivity index (χ4v) is 2.15. The Morgan fingerprint density at radius 2 is 1.52 bits per heavy atom. The van der Waals surface area contributed by atoms with Crippen molar-refractivity contribution in [3.8, 4) is 0 Å². The van der Waals surface area contributed by atoms with E-state index >= 15 is 0 Å². The van der Waals surface area contributed by atoms with Crippen molar-refractivity contribution in [2.24, 2.45) is 0 Å². The van der Waals surface area contributed by atoms with E-state index in [2.05, 4.69) is 15.8 Å². The predicted octanol–water partition coefficient (Wildman–Crippen LogP) is 2.49. The normalized spacial score (nSPS) is 10.3. The maximum atomic E-state index is 11.9. The third-order valence-corrected chi connectivity index (χ3v) is 2.99. The molecule has 0 aliphatic carbocycles. The van der Waals surface area contributed by atoms with Gasteiger partial charge in [0.1, 0.15) is 5.76 Å². The number of hydrogen-bond acceptors (Lipinski definition) is 4. The first kappa shape index (κ1) is 14.8. The number of carbonyl (C=O) groups excluding carboxylic acids is 2. The third-order valence-electron chi connectivity index (χ3n) is 2.99. The number of nitrogens with one attached hydrogen (secondary N) is 2. The first-order valence-corrected chi connectivity index (χ1v) is 6.50. The van der Waals surface area contributed by atoms with Gasteiger partial charge in [0.05, 0.1) is 0 Å². The third kappa shape index (κ3) is 3.47. The summed E-state index contributed by atoms with van der Waals surface area (Å²) < 4.78 is 4.82. The second-order valence-electron chi connectivity index (χ2n) is 5.00. The van der Waals surface area contributed by atoms with Crippen LogP contribution in [0.3, 0.4) is 0 Å². The number of aryl methyl sites for hydroxylation is 4. The summed E-state index contributed by atoms with van der Waals surface area (Å²) in [5.41, 5.74) is 3.57. The van der Waals surface area contributed by atoms with Crippen LogP contribution >= 0.6 is 0 Å². The molecule has 0 atom stereocenters. The Hall–Kier alpha value is -2.63. The molecule has 0 aliphatic rings. The van der Waals surface area contributed by atoms with Gasteiger partial charge in [-0.2, -0.15) is 0 Å². The highest BCUT2D eigenvalue weighted by atomic mass is 16.5. The van der Waals surface area contributed by atoms with Crippen LogP contribution < -0.4 is 10.6 Å². The summed E-state index contributed by atoms with van der Waals surface area (Å²) in [6.07, 6.45) is 0. The van der Waals surface area contributed by atoms with Gasteiger partial charge in [0.15, 0.2) is 5.82 Å². The Morgan fingerprint density at radius 1 is 0.952 bits per heavy atom. The Bertz CT molecular complexity index is 681. The molecule has 110 valence electrons. The molecule has 1 heterocycles. The molecule has 6 heteroatoms. The Balaban J connectivity index is 2.09. The summed E-state index contributed by atoms with van der Waals surface area (Å²) in [5, 5.41) is 8.61. The summed E-state index contributed by atoms with van der Waals surface area (Å²) in [6.45, 7) is 7.44. The molecule has 2 N–H and O–H groups in total. The molecule has 0 radical (unpaired) electrons. The molecular formula is C15H17N3O3. The van der Waals surface area contributed by atoms with E-state index in [0.717, 1.165) is 16.7 Å². The van der Waals surface area contributed by atoms with Crippen LogP contribution in [0.25, 0.3) is 0 Å². The van der Waals surface area contributed by atoms with Crippen molar-refractivity contribution in [1.82, 2.24) is 5.16 Å². The molecule has 2 rings (SSSR count). The summed E-state index contributed by atoms with van der Waals surface area (Å²) in [6, 6.07) is 5.43.